The lowest BCUT2D eigenvalue weighted by Gasteiger charge is -2.22. The van der Waals surface area contributed by atoms with Crippen LogP contribution in [0.5, 0.6) is 0 Å². The maximum absolute atomic E-state index is 13.5. The SMILES string of the molecule is O=c1cc(NCC(O)CCC2CCCCNCC2)c2cc(F)ccc2o1. The molecule has 2 unspecified atom stereocenters. The van der Waals surface area contributed by atoms with Crippen LogP contribution in [0.15, 0.2) is 33.5 Å². The monoisotopic (exact) mass is 362 g/mol. The number of benzene rings is 1. The molecular formula is C20H27FN2O3. The fourth-order valence-electron chi connectivity index (χ4n) is 3.59. The van der Waals surface area contributed by atoms with Gasteiger partial charge < -0.3 is 20.2 Å². The number of fused-ring (bicyclic) bond motifs is 1. The summed E-state index contributed by atoms with van der Waals surface area (Å²) >= 11 is 0. The second-order valence-corrected chi connectivity index (χ2v) is 7.13. The maximum Gasteiger partial charge on any atom is 0.338 e. The molecule has 1 aromatic heterocycles. The van der Waals surface area contributed by atoms with Crippen molar-refractivity contribution in [1.82, 2.24) is 5.32 Å². The highest BCUT2D eigenvalue weighted by atomic mass is 19.1. The van der Waals surface area contributed by atoms with Gasteiger partial charge in [0.15, 0.2) is 0 Å². The second-order valence-electron chi connectivity index (χ2n) is 7.13. The molecule has 1 aliphatic heterocycles. The zero-order chi connectivity index (χ0) is 18.4. The standard InChI is InChI=1S/C20H27FN2O3/c21-15-5-7-19-17(11-15)18(12-20(25)26-19)23-13-16(24)6-4-14-3-1-2-9-22-10-8-14/h5,7,11-12,14,16,22-24H,1-4,6,8-10,13H2. The molecule has 0 radical (unpaired) electrons. The van der Waals surface area contributed by atoms with Crippen LogP contribution in [0.25, 0.3) is 11.0 Å². The Balaban J connectivity index is 1.55. The van der Waals surface area contributed by atoms with Crippen LogP contribution < -0.4 is 16.3 Å². The molecule has 0 saturated carbocycles. The van der Waals surface area contributed by atoms with E-state index in [1.807, 2.05) is 0 Å². The van der Waals surface area contributed by atoms with Crippen molar-refractivity contribution >= 4 is 16.7 Å². The molecule has 5 nitrogen and oxygen atoms in total. The normalized spacial score (nSPS) is 19.7. The molecule has 142 valence electrons. The summed E-state index contributed by atoms with van der Waals surface area (Å²) in [5.74, 6) is 0.254. The highest BCUT2D eigenvalue weighted by Crippen LogP contribution is 2.24. The molecule has 3 N–H and O–H groups in total. The van der Waals surface area contributed by atoms with Gasteiger partial charge in [-0.2, -0.15) is 0 Å². The number of aliphatic hydroxyl groups excluding tert-OH is 1. The third kappa shape index (κ3) is 5.29. The molecule has 1 fully saturated rings. The van der Waals surface area contributed by atoms with Gasteiger partial charge in [0.2, 0.25) is 0 Å². The first-order valence-electron chi connectivity index (χ1n) is 9.48. The molecule has 1 aromatic carbocycles. The largest absolute Gasteiger partial charge is 0.423 e. The Morgan fingerprint density at radius 3 is 3.04 bits per heavy atom. The Hall–Kier alpha value is -1.92. The Morgan fingerprint density at radius 1 is 1.27 bits per heavy atom. The number of halogens is 1. The molecule has 0 spiro atoms. The fourth-order valence-corrected chi connectivity index (χ4v) is 3.59. The number of anilines is 1. The molecule has 2 aromatic rings. The summed E-state index contributed by atoms with van der Waals surface area (Å²) in [7, 11) is 0. The highest BCUT2D eigenvalue weighted by Gasteiger charge is 2.14. The van der Waals surface area contributed by atoms with Crippen LogP contribution in [0.3, 0.4) is 0 Å². The summed E-state index contributed by atoms with van der Waals surface area (Å²) in [5.41, 5.74) is 0.325. The first kappa shape index (κ1) is 18.9. The van der Waals surface area contributed by atoms with E-state index in [0.29, 0.717) is 35.5 Å². The quantitative estimate of drug-likeness (QED) is 0.688. The van der Waals surface area contributed by atoms with Gasteiger partial charge in [-0.1, -0.05) is 12.8 Å². The Morgan fingerprint density at radius 2 is 2.15 bits per heavy atom. The van der Waals surface area contributed by atoms with Crippen molar-refractivity contribution in [3.8, 4) is 0 Å². The lowest BCUT2D eigenvalue weighted by atomic mass is 9.91. The fraction of sp³-hybridized carbons (Fsp3) is 0.550. The third-order valence-electron chi connectivity index (χ3n) is 5.09. The zero-order valence-corrected chi connectivity index (χ0v) is 15.0. The van der Waals surface area contributed by atoms with Gasteiger partial charge in [-0.15, -0.1) is 0 Å². The number of hydrogen-bond acceptors (Lipinski definition) is 5. The maximum atomic E-state index is 13.5. The smallest absolute Gasteiger partial charge is 0.338 e. The van der Waals surface area contributed by atoms with Gasteiger partial charge in [-0.05, 0) is 62.9 Å². The van der Waals surface area contributed by atoms with Crippen molar-refractivity contribution in [2.45, 2.75) is 44.6 Å². The predicted molar refractivity (Wildman–Crippen MR) is 101 cm³/mol. The van der Waals surface area contributed by atoms with Gasteiger partial charge in [-0.3, -0.25) is 0 Å². The molecule has 1 aliphatic rings. The molecule has 2 heterocycles. The van der Waals surface area contributed by atoms with Crippen molar-refractivity contribution in [2.24, 2.45) is 5.92 Å². The lowest BCUT2D eigenvalue weighted by Crippen LogP contribution is -2.24. The van der Waals surface area contributed by atoms with E-state index in [9.17, 15) is 14.3 Å². The molecule has 0 aliphatic carbocycles. The van der Waals surface area contributed by atoms with Crippen LogP contribution >= 0.6 is 0 Å². The van der Waals surface area contributed by atoms with E-state index in [4.69, 9.17) is 4.42 Å². The van der Waals surface area contributed by atoms with E-state index in [1.54, 1.807) is 0 Å². The van der Waals surface area contributed by atoms with E-state index in [-0.39, 0.29) is 0 Å². The first-order valence-corrected chi connectivity index (χ1v) is 9.48. The van der Waals surface area contributed by atoms with Crippen molar-refractivity contribution in [3.63, 3.8) is 0 Å². The Kier molecular flexibility index (Phi) is 6.63. The molecule has 0 bridgehead atoms. The lowest BCUT2D eigenvalue weighted by molar-refractivity contribution is 0.163. The minimum Gasteiger partial charge on any atom is -0.423 e. The molecule has 3 rings (SSSR count). The summed E-state index contributed by atoms with van der Waals surface area (Å²) in [5, 5.41) is 17.3. The topological polar surface area (TPSA) is 74.5 Å². The summed E-state index contributed by atoms with van der Waals surface area (Å²) in [6.07, 6.45) is 6.05. The molecular weight excluding hydrogens is 335 g/mol. The predicted octanol–water partition coefficient (Wildman–Crippen LogP) is 3.26. The number of nitrogens with one attached hydrogen (secondary N) is 2. The molecule has 0 amide bonds. The second kappa shape index (κ2) is 9.14. The number of hydrogen-bond donors (Lipinski definition) is 3. The van der Waals surface area contributed by atoms with Crippen molar-refractivity contribution in [3.05, 3.63) is 40.5 Å². The van der Waals surface area contributed by atoms with Crippen LogP contribution in [-0.4, -0.2) is 30.8 Å². The van der Waals surface area contributed by atoms with E-state index >= 15 is 0 Å². The van der Waals surface area contributed by atoms with Gasteiger partial charge in [0.05, 0.1) is 11.8 Å². The van der Waals surface area contributed by atoms with Crippen molar-refractivity contribution in [1.29, 1.82) is 0 Å². The average molecular weight is 362 g/mol. The van der Waals surface area contributed by atoms with Crippen LogP contribution in [0.4, 0.5) is 10.1 Å². The van der Waals surface area contributed by atoms with E-state index in [0.717, 1.165) is 25.9 Å². The van der Waals surface area contributed by atoms with Crippen molar-refractivity contribution < 1.29 is 13.9 Å². The zero-order valence-electron chi connectivity index (χ0n) is 15.0. The first-order chi connectivity index (χ1) is 12.6. The van der Waals surface area contributed by atoms with E-state index in [1.165, 1.54) is 43.5 Å². The summed E-state index contributed by atoms with van der Waals surface area (Å²) in [6.45, 7) is 2.48. The summed E-state index contributed by atoms with van der Waals surface area (Å²) < 4.78 is 18.6. The highest BCUT2D eigenvalue weighted by molar-refractivity contribution is 5.89. The Bertz CT molecular complexity index is 769. The molecule has 1 saturated heterocycles. The minimum absolute atomic E-state index is 0.319. The van der Waals surface area contributed by atoms with E-state index < -0.39 is 17.5 Å². The number of rotatable bonds is 6. The van der Waals surface area contributed by atoms with Crippen molar-refractivity contribution in [2.75, 3.05) is 25.0 Å². The molecule has 6 heteroatoms. The number of aliphatic hydroxyl groups is 1. The van der Waals surface area contributed by atoms with Crippen LogP contribution in [0.2, 0.25) is 0 Å². The molecule has 2 atom stereocenters. The molecule has 26 heavy (non-hydrogen) atoms. The van der Waals surface area contributed by atoms with Crippen LogP contribution in [0, 0.1) is 11.7 Å². The van der Waals surface area contributed by atoms with Crippen LogP contribution in [0.1, 0.15) is 38.5 Å². The van der Waals surface area contributed by atoms with Gasteiger partial charge in [0, 0.05) is 18.0 Å². The summed E-state index contributed by atoms with van der Waals surface area (Å²) in [6, 6.07) is 5.33. The Labute approximate surface area is 152 Å². The van der Waals surface area contributed by atoms with Gasteiger partial charge in [0.1, 0.15) is 11.4 Å². The third-order valence-corrected chi connectivity index (χ3v) is 5.09. The minimum atomic E-state index is -0.510. The van der Waals surface area contributed by atoms with Gasteiger partial charge in [0.25, 0.3) is 0 Å². The summed E-state index contributed by atoms with van der Waals surface area (Å²) in [4.78, 5) is 11.7. The van der Waals surface area contributed by atoms with Gasteiger partial charge >= 0.3 is 5.63 Å². The van der Waals surface area contributed by atoms with Gasteiger partial charge in [-0.25, -0.2) is 9.18 Å². The average Bonchev–Trinajstić information content (AvgIpc) is 2.59. The van der Waals surface area contributed by atoms with Crippen LogP contribution in [-0.2, 0) is 0 Å². The van der Waals surface area contributed by atoms with E-state index in [2.05, 4.69) is 10.6 Å².